The lowest BCUT2D eigenvalue weighted by Gasteiger charge is -2.06. The number of rotatable bonds is 5. The summed E-state index contributed by atoms with van der Waals surface area (Å²) in [5, 5.41) is 6.94. The lowest BCUT2D eigenvalue weighted by Crippen LogP contribution is -2.23. The molecular formula is C17H16Cl2N4O. The minimum atomic E-state index is -0.1000. The number of H-pyrrole nitrogens is 1. The Labute approximate surface area is 149 Å². The van der Waals surface area contributed by atoms with Gasteiger partial charge in [0, 0.05) is 12.1 Å². The second-order valence-corrected chi connectivity index (χ2v) is 6.11. The Morgan fingerprint density at radius 2 is 1.96 bits per heavy atom. The normalized spacial score (nSPS) is 10.8. The van der Waals surface area contributed by atoms with Gasteiger partial charge in [-0.2, -0.15) is 0 Å². The molecule has 3 rings (SSSR count). The van der Waals surface area contributed by atoms with Crippen molar-refractivity contribution in [2.75, 3.05) is 11.9 Å². The van der Waals surface area contributed by atoms with Gasteiger partial charge in [-0.1, -0.05) is 36.2 Å². The third-order valence-electron chi connectivity index (χ3n) is 3.49. The number of carbonyl (C=O) groups is 1. The first-order valence-corrected chi connectivity index (χ1v) is 8.33. The highest BCUT2D eigenvalue weighted by atomic mass is 35.5. The molecule has 0 radical (unpaired) electrons. The van der Waals surface area contributed by atoms with Crippen LogP contribution in [0.5, 0.6) is 0 Å². The topological polar surface area (TPSA) is 69.8 Å². The summed E-state index contributed by atoms with van der Waals surface area (Å²) in [7, 11) is 0. The van der Waals surface area contributed by atoms with Gasteiger partial charge in [-0.3, -0.25) is 4.79 Å². The largest absolute Gasteiger partial charge is 0.352 e. The molecule has 5 nitrogen and oxygen atoms in total. The van der Waals surface area contributed by atoms with Crippen molar-refractivity contribution in [3.05, 3.63) is 52.0 Å². The predicted octanol–water partition coefficient (Wildman–Crippen LogP) is 4.75. The van der Waals surface area contributed by atoms with Crippen LogP contribution in [0, 0.1) is 0 Å². The molecule has 3 N–H and O–H groups in total. The molecule has 0 aliphatic heterocycles. The number of nitrogens with one attached hydrogen (secondary N) is 3. The molecule has 7 heteroatoms. The van der Waals surface area contributed by atoms with E-state index in [2.05, 4.69) is 20.6 Å². The van der Waals surface area contributed by atoms with E-state index >= 15 is 0 Å². The summed E-state index contributed by atoms with van der Waals surface area (Å²) in [4.78, 5) is 19.6. The highest BCUT2D eigenvalue weighted by molar-refractivity contribution is 6.39. The number of nitrogens with zero attached hydrogens (tertiary/aromatic N) is 1. The van der Waals surface area contributed by atoms with Crippen molar-refractivity contribution >= 4 is 51.8 Å². The van der Waals surface area contributed by atoms with Crippen LogP contribution in [0.1, 0.15) is 23.7 Å². The zero-order valence-corrected chi connectivity index (χ0v) is 14.5. The highest BCUT2D eigenvalue weighted by Gasteiger charge is 2.11. The van der Waals surface area contributed by atoms with Gasteiger partial charge < -0.3 is 15.6 Å². The summed E-state index contributed by atoms with van der Waals surface area (Å²) in [5.41, 5.74) is 2.67. The Hall–Kier alpha value is -2.24. The summed E-state index contributed by atoms with van der Waals surface area (Å²) in [5.74, 6) is 0.406. The number of anilines is 2. The van der Waals surface area contributed by atoms with Gasteiger partial charge in [0.1, 0.15) is 0 Å². The van der Waals surface area contributed by atoms with Crippen LogP contribution < -0.4 is 10.6 Å². The second-order valence-electron chi connectivity index (χ2n) is 5.29. The molecule has 0 unspecified atom stereocenters. The van der Waals surface area contributed by atoms with Crippen LogP contribution >= 0.6 is 23.2 Å². The Balaban J connectivity index is 1.87. The van der Waals surface area contributed by atoms with Crippen LogP contribution in [0.15, 0.2) is 36.4 Å². The molecule has 0 bridgehead atoms. The molecule has 3 aromatic rings. The average Bonchev–Trinajstić information content (AvgIpc) is 2.97. The molecule has 0 atom stereocenters. The average molecular weight is 363 g/mol. The van der Waals surface area contributed by atoms with Crippen molar-refractivity contribution in [3.63, 3.8) is 0 Å². The van der Waals surface area contributed by atoms with E-state index in [0.717, 1.165) is 17.5 Å². The molecular weight excluding hydrogens is 347 g/mol. The monoisotopic (exact) mass is 362 g/mol. The lowest BCUT2D eigenvalue weighted by molar-refractivity contribution is 0.0954. The first-order chi connectivity index (χ1) is 11.6. The number of amides is 1. The van der Waals surface area contributed by atoms with Crippen molar-refractivity contribution in [1.82, 2.24) is 15.3 Å². The third kappa shape index (κ3) is 3.47. The number of hydrogen-bond acceptors (Lipinski definition) is 3. The number of hydrogen-bond donors (Lipinski definition) is 3. The van der Waals surface area contributed by atoms with Gasteiger partial charge >= 0.3 is 0 Å². The van der Waals surface area contributed by atoms with Crippen LogP contribution in [0.25, 0.3) is 11.0 Å². The SMILES string of the molecule is CCCNC(=O)c1ccc2nc(Nc3c(Cl)cccc3Cl)[nH]c2c1. The van der Waals surface area contributed by atoms with Crippen LogP contribution in [0.2, 0.25) is 10.0 Å². The molecule has 1 amide bonds. The van der Waals surface area contributed by atoms with Crippen LogP contribution in [0.3, 0.4) is 0 Å². The number of benzene rings is 2. The van der Waals surface area contributed by atoms with Crippen LogP contribution in [-0.2, 0) is 0 Å². The summed E-state index contributed by atoms with van der Waals surface area (Å²) in [6.45, 7) is 2.66. The lowest BCUT2D eigenvalue weighted by atomic mass is 10.2. The molecule has 0 saturated carbocycles. The maximum absolute atomic E-state index is 12.0. The molecule has 0 aliphatic carbocycles. The van der Waals surface area contributed by atoms with Crippen molar-refractivity contribution in [2.45, 2.75) is 13.3 Å². The second kappa shape index (κ2) is 7.11. The van der Waals surface area contributed by atoms with E-state index in [-0.39, 0.29) is 5.91 Å². The van der Waals surface area contributed by atoms with Gasteiger partial charge in [-0.15, -0.1) is 0 Å². The number of fused-ring (bicyclic) bond motifs is 1. The molecule has 24 heavy (non-hydrogen) atoms. The molecule has 1 aromatic heterocycles. The fourth-order valence-corrected chi connectivity index (χ4v) is 2.78. The van der Waals surface area contributed by atoms with E-state index in [1.807, 2.05) is 6.92 Å². The molecule has 1 heterocycles. The fraction of sp³-hybridized carbons (Fsp3) is 0.176. The Kier molecular flexibility index (Phi) is 4.92. The van der Waals surface area contributed by atoms with E-state index in [4.69, 9.17) is 23.2 Å². The van der Waals surface area contributed by atoms with Crippen molar-refractivity contribution in [2.24, 2.45) is 0 Å². The number of aromatic nitrogens is 2. The minimum Gasteiger partial charge on any atom is -0.352 e. The number of halogens is 2. The standard InChI is InChI=1S/C17H16Cl2N4O/c1-2-8-20-16(24)10-6-7-13-14(9-10)22-17(21-13)23-15-11(18)4-3-5-12(15)19/h3-7,9H,2,8H2,1H3,(H,20,24)(H2,21,22,23). The summed E-state index contributed by atoms with van der Waals surface area (Å²) in [6.07, 6.45) is 0.894. The molecule has 2 aromatic carbocycles. The maximum Gasteiger partial charge on any atom is 0.251 e. The quantitative estimate of drug-likeness (QED) is 0.613. The Morgan fingerprint density at radius 1 is 1.21 bits per heavy atom. The number of imidazole rings is 1. The Morgan fingerprint density at radius 3 is 2.67 bits per heavy atom. The summed E-state index contributed by atoms with van der Waals surface area (Å²) >= 11 is 12.3. The highest BCUT2D eigenvalue weighted by Crippen LogP contribution is 2.32. The van der Waals surface area contributed by atoms with Gasteiger partial charge in [0.15, 0.2) is 0 Å². The first-order valence-electron chi connectivity index (χ1n) is 7.57. The maximum atomic E-state index is 12.0. The van der Waals surface area contributed by atoms with E-state index in [1.165, 1.54) is 0 Å². The molecule has 0 aliphatic rings. The molecule has 0 saturated heterocycles. The zero-order valence-electron chi connectivity index (χ0n) is 13.0. The summed E-state index contributed by atoms with van der Waals surface area (Å²) in [6, 6.07) is 10.6. The van der Waals surface area contributed by atoms with Crippen molar-refractivity contribution < 1.29 is 4.79 Å². The Bertz CT molecular complexity index is 871. The van der Waals surface area contributed by atoms with Gasteiger partial charge in [0.05, 0.1) is 26.8 Å². The fourth-order valence-electron chi connectivity index (χ4n) is 2.29. The first kappa shape index (κ1) is 16.6. The van der Waals surface area contributed by atoms with Crippen LogP contribution in [-0.4, -0.2) is 22.4 Å². The predicted molar refractivity (Wildman–Crippen MR) is 98.5 cm³/mol. The van der Waals surface area contributed by atoms with Gasteiger partial charge in [-0.25, -0.2) is 4.98 Å². The number of aromatic amines is 1. The number of carbonyl (C=O) groups excluding carboxylic acids is 1. The molecule has 0 spiro atoms. The smallest absolute Gasteiger partial charge is 0.251 e. The van der Waals surface area contributed by atoms with Gasteiger partial charge in [0.2, 0.25) is 5.95 Å². The third-order valence-corrected chi connectivity index (χ3v) is 4.12. The van der Waals surface area contributed by atoms with Crippen molar-refractivity contribution in [3.8, 4) is 0 Å². The van der Waals surface area contributed by atoms with Gasteiger partial charge in [0.25, 0.3) is 5.91 Å². The zero-order chi connectivity index (χ0) is 17.1. The minimum absolute atomic E-state index is 0.1000. The number of para-hydroxylation sites is 1. The van der Waals surface area contributed by atoms with Crippen molar-refractivity contribution in [1.29, 1.82) is 0 Å². The summed E-state index contributed by atoms with van der Waals surface area (Å²) < 4.78 is 0. The molecule has 0 fully saturated rings. The van der Waals surface area contributed by atoms with Gasteiger partial charge in [-0.05, 0) is 36.8 Å². The van der Waals surface area contributed by atoms with E-state index < -0.39 is 0 Å². The van der Waals surface area contributed by atoms with E-state index in [0.29, 0.717) is 33.8 Å². The van der Waals surface area contributed by atoms with Crippen LogP contribution in [0.4, 0.5) is 11.6 Å². The van der Waals surface area contributed by atoms with E-state index in [9.17, 15) is 4.79 Å². The van der Waals surface area contributed by atoms with E-state index in [1.54, 1.807) is 36.4 Å². The molecule has 124 valence electrons.